The van der Waals surface area contributed by atoms with Crippen molar-refractivity contribution >= 4 is 6.29 Å². The summed E-state index contributed by atoms with van der Waals surface area (Å²) >= 11 is 0. The zero-order valence-electron chi connectivity index (χ0n) is 10.6. The van der Waals surface area contributed by atoms with Crippen molar-refractivity contribution in [3.8, 4) is 0 Å². The van der Waals surface area contributed by atoms with Crippen LogP contribution < -0.4 is 0 Å². The molecule has 1 aliphatic rings. The van der Waals surface area contributed by atoms with Crippen molar-refractivity contribution in [1.29, 1.82) is 0 Å². The quantitative estimate of drug-likeness (QED) is 0.705. The Kier molecular flexibility index (Phi) is 3.63. The summed E-state index contributed by atoms with van der Waals surface area (Å²) in [7, 11) is 0. The van der Waals surface area contributed by atoms with Gasteiger partial charge in [-0.25, -0.2) is 0 Å². The summed E-state index contributed by atoms with van der Waals surface area (Å²) in [5.74, 6) is 1.05. The van der Waals surface area contributed by atoms with Gasteiger partial charge in [0.25, 0.3) is 0 Å². The van der Waals surface area contributed by atoms with Gasteiger partial charge in [-0.1, -0.05) is 44.2 Å². The van der Waals surface area contributed by atoms with Crippen molar-refractivity contribution in [1.82, 2.24) is 0 Å². The molecule has 0 N–H and O–H groups in total. The molecular weight excluding hydrogens is 212 g/mol. The van der Waals surface area contributed by atoms with E-state index in [1.165, 1.54) is 5.56 Å². The number of aldehydes is 1. The summed E-state index contributed by atoms with van der Waals surface area (Å²) in [5, 5.41) is 0. The molecule has 2 rings (SSSR count). The van der Waals surface area contributed by atoms with E-state index in [2.05, 4.69) is 26.0 Å². The van der Waals surface area contributed by atoms with Gasteiger partial charge in [-0.3, -0.25) is 0 Å². The van der Waals surface area contributed by atoms with Crippen LogP contribution in [-0.4, -0.2) is 12.9 Å². The SMILES string of the molecule is CC1(C)C(CC=O)C1COCc1ccccc1. The molecule has 0 aromatic heterocycles. The summed E-state index contributed by atoms with van der Waals surface area (Å²) < 4.78 is 5.74. The summed E-state index contributed by atoms with van der Waals surface area (Å²) in [6.45, 7) is 5.87. The molecule has 1 fully saturated rings. The minimum Gasteiger partial charge on any atom is -0.376 e. The van der Waals surface area contributed by atoms with E-state index in [0.717, 1.165) is 12.9 Å². The molecule has 92 valence electrons. The molecule has 17 heavy (non-hydrogen) atoms. The highest BCUT2D eigenvalue weighted by Gasteiger charge is 2.56. The van der Waals surface area contributed by atoms with Gasteiger partial charge in [0.1, 0.15) is 6.29 Å². The van der Waals surface area contributed by atoms with Crippen molar-refractivity contribution in [3.63, 3.8) is 0 Å². The lowest BCUT2D eigenvalue weighted by Crippen LogP contribution is -2.01. The molecule has 0 spiro atoms. The molecule has 0 heterocycles. The molecule has 2 unspecified atom stereocenters. The molecule has 1 aromatic carbocycles. The summed E-state index contributed by atoms with van der Waals surface area (Å²) in [5.41, 5.74) is 1.48. The number of ether oxygens (including phenoxy) is 1. The first kappa shape index (κ1) is 12.3. The Labute approximate surface area is 103 Å². The minimum absolute atomic E-state index is 0.275. The second-order valence-electron chi connectivity index (χ2n) is 5.44. The maximum atomic E-state index is 10.5. The predicted octanol–water partition coefficient (Wildman–Crippen LogP) is 3.06. The van der Waals surface area contributed by atoms with Gasteiger partial charge < -0.3 is 9.53 Å². The first-order chi connectivity index (χ1) is 8.16. The fraction of sp³-hybridized carbons (Fsp3) is 0.533. The molecule has 0 aliphatic heterocycles. The molecule has 2 atom stereocenters. The monoisotopic (exact) mass is 232 g/mol. The van der Waals surface area contributed by atoms with E-state index in [-0.39, 0.29) is 5.41 Å². The summed E-state index contributed by atoms with van der Waals surface area (Å²) in [6.07, 6.45) is 1.70. The lowest BCUT2D eigenvalue weighted by atomic mass is 10.1. The van der Waals surface area contributed by atoms with Crippen molar-refractivity contribution < 1.29 is 9.53 Å². The first-order valence-electron chi connectivity index (χ1n) is 6.21. The molecule has 1 aliphatic carbocycles. The van der Waals surface area contributed by atoms with Gasteiger partial charge in [0, 0.05) is 6.42 Å². The Morgan fingerprint density at radius 1 is 1.24 bits per heavy atom. The lowest BCUT2D eigenvalue weighted by Gasteiger charge is -2.05. The number of hydrogen-bond acceptors (Lipinski definition) is 2. The van der Waals surface area contributed by atoms with E-state index >= 15 is 0 Å². The fourth-order valence-electron chi connectivity index (χ4n) is 2.64. The van der Waals surface area contributed by atoms with Crippen molar-refractivity contribution in [2.75, 3.05) is 6.61 Å². The third-order valence-corrected chi connectivity index (χ3v) is 4.05. The number of hydrogen-bond donors (Lipinski definition) is 0. The molecule has 1 aromatic rings. The van der Waals surface area contributed by atoms with E-state index in [9.17, 15) is 4.79 Å². The van der Waals surface area contributed by atoms with Crippen molar-refractivity contribution in [2.24, 2.45) is 17.3 Å². The van der Waals surface area contributed by atoms with Crippen LogP contribution in [0.5, 0.6) is 0 Å². The third kappa shape index (κ3) is 2.75. The van der Waals surface area contributed by atoms with Crippen molar-refractivity contribution in [3.05, 3.63) is 35.9 Å². The average molecular weight is 232 g/mol. The average Bonchev–Trinajstić information content (AvgIpc) is 2.83. The summed E-state index contributed by atoms with van der Waals surface area (Å²) in [4.78, 5) is 10.5. The molecule has 0 amide bonds. The van der Waals surface area contributed by atoms with Crippen LogP contribution in [-0.2, 0) is 16.1 Å². The van der Waals surface area contributed by atoms with E-state index in [0.29, 0.717) is 24.9 Å². The molecule has 2 heteroatoms. The van der Waals surface area contributed by atoms with E-state index < -0.39 is 0 Å². The second-order valence-corrected chi connectivity index (χ2v) is 5.44. The zero-order chi connectivity index (χ0) is 12.3. The van der Waals surface area contributed by atoms with Gasteiger partial charge in [-0.05, 0) is 22.8 Å². The largest absolute Gasteiger partial charge is 0.376 e. The van der Waals surface area contributed by atoms with Gasteiger partial charge in [-0.15, -0.1) is 0 Å². The van der Waals surface area contributed by atoms with Gasteiger partial charge in [0.2, 0.25) is 0 Å². The zero-order valence-corrected chi connectivity index (χ0v) is 10.6. The highest BCUT2D eigenvalue weighted by atomic mass is 16.5. The van der Waals surface area contributed by atoms with E-state index in [4.69, 9.17) is 4.74 Å². The Morgan fingerprint density at radius 2 is 1.94 bits per heavy atom. The van der Waals surface area contributed by atoms with Gasteiger partial charge >= 0.3 is 0 Å². The molecule has 0 radical (unpaired) electrons. The molecule has 2 nitrogen and oxygen atoms in total. The normalized spacial score (nSPS) is 25.5. The number of carbonyl (C=O) groups excluding carboxylic acids is 1. The fourth-order valence-corrected chi connectivity index (χ4v) is 2.64. The van der Waals surface area contributed by atoms with Crippen LogP contribution in [0.1, 0.15) is 25.8 Å². The van der Waals surface area contributed by atoms with Crippen LogP contribution in [0.25, 0.3) is 0 Å². The predicted molar refractivity (Wildman–Crippen MR) is 67.5 cm³/mol. The molecule has 0 saturated heterocycles. The Bertz CT molecular complexity index is 370. The van der Waals surface area contributed by atoms with Gasteiger partial charge in [0.05, 0.1) is 13.2 Å². The van der Waals surface area contributed by atoms with Crippen molar-refractivity contribution in [2.45, 2.75) is 26.9 Å². The van der Waals surface area contributed by atoms with Crippen LogP contribution in [0.2, 0.25) is 0 Å². The topological polar surface area (TPSA) is 26.3 Å². The van der Waals surface area contributed by atoms with Crippen LogP contribution in [0.4, 0.5) is 0 Å². The molecule has 1 saturated carbocycles. The smallest absolute Gasteiger partial charge is 0.120 e. The van der Waals surface area contributed by atoms with Crippen LogP contribution in [0.3, 0.4) is 0 Å². The highest BCUT2D eigenvalue weighted by molar-refractivity contribution is 5.51. The third-order valence-electron chi connectivity index (χ3n) is 4.05. The summed E-state index contributed by atoms with van der Waals surface area (Å²) in [6, 6.07) is 10.2. The van der Waals surface area contributed by atoms with Crippen LogP contribution >= 0.6 is 0 Å². The number of benzene rings is 1. The first-order valence-corrected chi connectivity index (χ1v) is 6.21. The van der Waals surface area contributed by atoms with E-state index in [1.807, 2.05) is 18.2 Å². The number of carbonyl (C=O) groups is 1. The highest BCUT2D eigenvalue weighted by Crippen LogP contribution is 2.59. The van der Waals surface area contributed by atoms with Gasteiger partial charge in [0.15, 0.2) is 0 Å². The molecular formula is C15H20O2. The van der Waals surface area contributed by atoms with Gasteiger partial charge in [-0.2, -0.15) is 0 Å². The Hall–Kier alpha value is -1.15. The second kappa shape index (κ2) is 5.01. The van der Waals surface area contributed by atoms with Crippen LogP contribution in [0, 0.1) is 17.3 Å². The minimum atomic E-state index is 0.275. The number of rotatable bonds is 6. The maximum absolute atomic E-state index is 10.5. The lowest BCUT2D eigenvalue weighted by molar-refractivity contribution is -0.108. The Balaban J connectivity index is 1.75. The maximum Gasteiger partial charge on any atom is 0.120 e. The standard InChI is InChI=1S/C15H20O2/c1-15(2)13(8-9-16)14(15)11-17-10-12-6-4-3-5-7-12/h3-7,9,13-14H,8,10-11H2,1-2H3. The van der Waals surface area contributed by atoms with E-state index in [1.54, 1.807) is 0 Å². The van der Waals surface area contributed by atoms with Crippen LogP contribution in [0.15, 0.2) is 30.3 Å². The Morgan fingerprint density at radius 3 is 2.59 bits per heavy atom. The molecule has 0 bridgehead atoms.